The molecule has 2 atom stereocenters. The van der Waals surface area contributed by atoms with Crippen molar-refractivity contribution in [3.8, 4) is 0 Å². The Kier molecular flexibility index (Phi) is 8.93. The topological polar surface area (TPSA) is 89.9 Å². The van der Waals surface area contributed by atoms with E-state index in [4.69, 9.17) is 9.47 Å². The Morgan fingerprint density at radius 2 is 1.52 bits per heavy atom. The van der Waals surface area contributed by atoms with Crippen LogP contribution in [0.4, 0.5) is 0 Å². The van der Waals surface area contributed by atoms with Crippen LogP contribution in [0.2, 0.25) is 0 Å². The predicted octanol–water partition coefficient (Wildman–Crippen LogP) is 3.57. The average Bonchev–Trinajstić information content (AvgIpc) is 2.60. The Morgan fingerprint density at radius 1 is 0.960 bits per heavy atom. The molecule has 0 radical (unpaired) electrons. The Bertz CT molecular complexity index is 457. The molecule has 1 aliphatic rings. The predicted molar refractivity (Wildman–Crippen MR) is 92.9 cm³/mol. The van der Waals surface area contributed by atoms with Gasteiger partial charge in [0, 0.05) is 0 Å². The van der Waals surface area contributed by atoms with Gasteiger partial charge in [0.1, 0.15) is 0 Å². The van der Waals surface area contributed by atoms with E-state index in [-0.39, 0.29) is 18.5 Å². The summed E-state index contributed by atoms with van der Waals surface area (Å²) in [6.07, 6.45) is 5.82. The molecule has 6 heteroatoms. The van der Waals surface area contributed by atoms with Gasteiger partial charge in [-0.3, -0.25) is 14.4 Å². The molecule has 0 aromatic carbocycles. The second-order valence-electron chi connectivity index (χ2n) is 7.44. The van der Waals surface area contributed by atoms with Gasteiger partial charge in [-0.15, -0.1) is 0 Å². The molecular weight excluding hydrogens is 324 g/mol. The third-order valence-electron chi connectivity index (χ3n) is 5.09. The van der Waals surface area contributed by atoms with Crippen LogP contribution in [0.15, 0.2) is 0 Å². The molecule has 6 nitrogen and oxygen atoms in total. The molecule has 1 fully saturated rings. The van der Waals surface area contributed by atoms with Gasteiger partial charge in [-0.25, -0.2) is 0 Å². The van der Waals surface area contributed by atoms with Crippen molar-refractivity contribution in [1.29, 1.82) is 0 Å². The first kappa shape index (κ1) is 21.5. The van der Waals surface area contributed by atoms with Crippen LogP contribution in [-0.2, 0) is 23.9 Å². The number of carboxylic acid groups (broad SMARTS) is 1. The van der Waals surface area contributed by atoms with Gasteiger partial charge in [0.2, 0.25) is 0 Å². The van der Waals surface area contributed by atoms with Gasteiger partial charge in [0.25, 0.3) is 0 Å². The fraction of sp³-hybridized carbons (Fsp3) is 0.842. The fourth-order valence-electron chi connectivity index (χ4n) is 2.87. The van der Waals surface area contributed by atoms with Crippen molar-refractivity contribution < 1.29 is 29.0 Å². The van der Waals surface area contributed by atoms with Gasteiger partial charge in [0.15, 0.2) is 0 Å². The molecule has 0 spiro atoms. The summed E-state index contributed by atoms with van der Waals surface area (Å²) >= 11 is 0. The number of rotatable bonds is 10. The van der Waals surface area contributed by atoms with Gasteiger partial charge in [-0.05, 0) is 52.4 Å². The van der Waals surface area contributed by atoms with E-state index in [0.717, 1.165) is 32.1 Å². The normalized spacial score (nSPS) is 20.8. The van der Waals surface area contributed by atoms with E-state index in [2.05, 4.69) is 0 Å². The minimum Gasteiger partial charge on any atom is -0.481 e. The van der Waals surface area contributed by atoms with Crippen LogP contribution in [0, 0.1) is 17.3 Å². The minimum absolute atomic E-state index is 0.182. The summed E-state index contributed by atoms with van der Waals surface area (Å²) in [5.74, 6) is -2.59. The van der Waals surface area contributed by atoms with E-state index in [9.17, 15) is 19.5 Å². The molecule has 0 bridgehead atoms. The van der Waals surface area contributed by atoms with Crippen LogP contribution in [-0.4, -0.2) is 36.2 Å². The first-order chi connectivity index (χ1) is 11.8. The highest BCUT2D eigenvalue weighted by Gasteiger charge is 2.36. The molecule has 0 aromatic heterocycles. The number of aliphatic carboxylic acids is 1. The maximum atomic E-state index is 12.1. The van der Waals surface area contributed by atoms with Gasteiger partial charge in [0.05, 0.1) is 30.5 Å². The number of carbonyl (C=O) groups excluding carboxylic acids is 2. The molecule has 25 heavy (non-hydrogen) atoms. The zero-order valence-electron chi connectivity index (χ0n) is 15.7. The lowest BCUT2D eigenvalue weighted by Crippen LogP contribution is -2.34. The highest BCUT2D eigenvalue weighted by atomic mass is 16.5. The number of unbranched alkanes of at least 4 members (excludes halogenated alkanes) is 2. The van der Waals surface area contributed by atoms with Crippen molar-refractivity contribution in [2.75, 3.05) is 13.2 Å². The standard InChI is InChI=1S/C19H32O6/c1-4-19(2,3)18(23)25-13-9-5-8-12-24-17(22)15-11-7-6-10-14(15)16(20)21/h14-15H,4-13H2,1-3H3,(H,20,21). The third-order valence-corrected chi connectivity index (χ3v) is 5.09. The summed E-state index contributed by atoms with van der Waals surface area (Å²) in [6, 6.07) is 0. The van der Waals surface area contributed by atoms with E-state index < -0.39 is 23.2 Å². The van der Waals surface area contributed by atoms with Crippen molar-refractivity contribution in [2.45, 2.75) is 72.1 Å². The van der Waals surface area contributed by atoms with E-state index in [0.29, 0.717) is 25.9 Å². The number of hydrogen-bond acceptors (Lipinski definition) is 5. The van der Waals surface area contributed by atoms with Gasteiger partial charge in [-0.1, -0.05) is 19.8 Å². The van der Waals surface area contributed by atoms with Gasteiger partial charge < -0.3 is 14.6 Å². The largest absolute Gasteiger partial charge is 0.481 e. The maximum absolute atomic E-state index is 12.1. The van der Waals surface area contributed by atoms with E-state index in [1.807, 2.05) is 20.8 Å². The Labute approximate surface area is 150 Å². The van der Waals surface area contributed by atoms with E-state index in [1.165, 1.54) is 0 Å². The van der Waals surface area contributed by atoms with Crippen LogP contribution in [0.5, 0.6) is 0 Å². The van der Waals surface area contributed by atoms with Crippen molar-refractivity contribution in [2.24, 2.45) is 17.3 Å². The highest BCUT2D eigenvalue weighted by Crippen LogP contribution is 2.31. The van der Waals surface area contributed by atoms with E-state index in [1.54, 1.807) is 0 Å². The second kappa shape index (κ2) is 10.4. The number of carboxylic acids is 1. The molecule has 0 heterocycles. The lowest BCUT2D eigenvalue weighted by Gasteiger charge is -2.26. The Hall–Kier alpha value is -1.59. The third kappa shape index (κ3) is 7.04. The summed E-state index contributed by atoms with van der Waals surface area (Å²) < 4.78 is 10.5. The number of carbonyl (C=O) groups is 3. The molecule has 1 rings (SSSR count). The molecule has 1 aliphatic carbocycles. The number of hydrogen-bond donors (Lipinski definition) is 1. The van der Waals surface area contributed by atoms with Crippen LogP contribution >= 0.6 is 0 Å². The van der Waals surface area contributed by atoms with Crippen LogP contribution in [0.1, 0.15) is 72.1 Å². The second-order valence-corrected chi connectivity index (χ2v) is 7.44. The lowest BCUT2D eigenvalue weighted by molar-refractivity contribution is -0.159. The molecule has 0 aliphatic heterocycles. The summed E-state index contributed by atoms with van der Waals surface area (Å²) in [4.78, 5) is 35.1. The molecule has 0 amide bonds. The van der Waals surface area contributed by atoms with Crippen molar-refractivity contribution in [1.82, 2.24) is 0 Å². The zero-order chi connectivity index (χ0) is 18.9. The Morgan fingerprint density at radius 3 is 2.08 bits per heavy atom. The zero-order valence-corrected chi connectivity index (χ0v) is 15.7. The first-order valence-corrected chi connectivity index (χ1v) is 9.36. The van der Waals surface area contributed by atoms with Crippen LogP contribution in [0.25, 0.3) is 0 Å². The molecule has 1 N–H and O–H groups in total. The van der Waals surface area contributed by atoms with Gasteiger partial charge in [-0.2, -0.15) is 0 Å². The summed E-state index contributed by atoms with van der Waals surface area (Å²) in [5, 5.41) is 9.20. The summed E-state index contributed by atoms with van der Waals surface area (Å²) in [5.41, 5.74) is -0.448. The van der Waals surface area contributed by atoms with E-state index >= 15 is 0 Å². The summed E-state index contributed by atoms with van der Waals surface area (Å²) in [7, 11) is 0. The molecular formula is C19H32O6. The van der Waals surface area contributed by atoms with Crippen molar-refractivity contribution in [3.05, 3.63) is 0 Å². The lowest BCUT2D eigenvalue weighted by atomic mass is 9.79. The van der Waals surface area contributed by atoms with Crippen molar-refractivity contribution in [3.63, 3.8) is 0 Å². The monoisotopic (exact) mass is 356 g/mol. The summed E-state index contributed by atoms with van der Waals surface area (Å²) in [6.45, 7) is 6.35. The molecule has 1 saturated carbocycles. The Balaban J connectivity index is 2.16. The minimum atomic E-state index is -0.904. The first-order valence-electron chi connectivity index (χ1n) is 9.36. The molecule has 0 aromatic rings. The van der Waals surface area contributed by atoms with Crippen LogP contribution < -0.4 is 0 Å². The average molecular weight is 356 g/mol. The van der Waals surface area contributed by atoms with Gasteiger partial charge >= 0.3 is 17.9 Å². The molecule has 2 unspecified atom stereocenters. The quantitative estimate of drug-likeness (QED) is 0.475. The smallest absolute Gasteiger partial charge is 0.311 e. The van der Waals surface area contributed by atoms with Crippen LogP contribution in [0.3, 0.4) is 0 Å². The maximum Gasteiger partial charge on any atom is 0.311 e. The molecule has 0 saturated heterocycles. The fourth-order valence-corrected chi connectivity index (χ4v) is 2.87. The number of esters is 2. The number of ether oxygens (including phenoxy) is 2. The molecule has 144 valence electrons. The van der Waals surface area contributed by atoms with Crippen molar-refractivity contribution >= 4 is 17.9 Å². The SMILES string of the molecule is CCC(C)(C)C(=O)OCCCCCOC(=O)C1CCCCC1C(=O)O. The highest BCUT2D eigenvalue weighted by molar-refractivity contribution is 5.81.